The molecular weight excluding hydrogens is 517 g/mol. The van der Waals surface area contributed by atoms with E-state index in [0.29, 0.717) is 37.3 Å². The van der Waals surface area contributed by atoms with Gasteiger partial charge in [-0.3, -0.25) is 9.69 Å². The van der Waals surface area contributed by atoms with Gasteiger partial charge in [0.25, 0.3) is 5.91 Å². The predicted octanol–water partition coefficient (Wildman–Crippen LogP) is 5.56. The number of benzene rings is 2. The summed E-state index contributed by atoms with van der Waals surface area (Å²) in [6.07, 6.45) is 3.77. The summed E-state index contributed by atoms with van der Waals surface area (Å²) >= 11 is 10.2. The first-order chi connectivity index (χ1) is 15.5. The third kappa shape index (κ3) is 5.17. The first-order valence-electron chi connectivity index (χ1n) is 10.1. The van der Waals surface area contributed by atoms with Crippen LogP contribution in [0.1, 0.15) is 24.0 Å². The van der Waals surface area contributed by atoms with Gasteiger partial charge in [0.2, 0.25) is 0 Å². The fourth-order valence-electron chi connectivity index (χ4n) is 3.53. The molecule has 0 aliphatic carbocycles. The second-order valence-electron chi connectivity index (χ2n) is 7.34. The second-order valence-corrected chi connectivity index (χ2v) is 9.87. The number of thiocarbonyl (C=S) groups is 1. The molecule has 9 heteroatoms. The second kappa shape index (κ2) is 10.3. The van der Waals surface area contributed by atoms with Crippen LogP contribution in [0.25, 0.3) is 6.08 Å². The van der Waals surface area contributed by atoms with Crippen LogP contribution in [0.3, 0.4) is 0 Å². The number of nitrogens with zero attached hydrogens (tertiary/aromatic N) is 1. The minimum Gasteiger partial charge on any atom is -0.493 e. The minimum atomic E-state index is -0.329. The lowest BCUT2D eigenvalue weighted by Crippen LogP contribution is -2.35. The van der Waals surface area contributed by atoms with Gasteiger partial charge in [0.1, 0.15) is 16.7 Å². The zero-order chi connectivity index (χ0) is 22.7. The monoisotopic (exact) mass is 537 g/mol. The molecule has 0 saturated carbocycles. The molecule has 2 aromatic rings. The molecule has 2 aromatic carbocycles. The molecule has 1 amide bonds. The number of amides is 1. The Balaban J connectivity index is 1.52. The van der Waals surface area contributed by atoms with Crippen LogP contribution in [-0.2, 0) is 16.1 Å². The lowest BCUT2D eigenvalue weighted by atomic mass is 10.1. The summed E-state index contributed by atoms with van der Waals surface area (Å²) in [4.78, 5) is 15.1. The van der Waals surface area contributed by atoms with Gasteiger partial charge in [-0.1, -0.05) is 42.2 Å². The molecule has 2 saturated heterocycles. The van der Waals surface area contributed by atoms with Crippen molar-refractivity contribution in [2.24, 2.45) is 0 Å². The molecule has 0 radical (unpaired) electrons. The zero-order valence-electron chi connectivity index (χ0n) is 17.3. The molecule has 2 fully saturated rings. The third-order valence-corrected chi connectivity index (χ3v) is 7.13. The van der Waals surface area contributed by atoms with Crippen LogP contribution in [0.2, 0.25) is 0 Å². The maximum Gasteiger partial charge on any atom is 0.266 e. The number of carbonyl (C=O) groups excluding carboxylic acids is 1. The average molecular weight is 538 g/mol. The highest BCUT2D eigenvalue weighted by molar-refractivity contribution is 9.10. The topological polar surface area (TPSA) is 48.0 Å². The molecule has 2 aliphatic rings. The Hall–Kier alpha value is -1.94. The van der Waals surface area contributed by atoms with Gasteiger partial charge in [0.15, 0.2) is 11.5 Å². The van der Waals surface area contributed by atoms with E-state index in [1.807, 2.05) is 6.07 Å². The van der Waals surface area contributed by atoms with Crippen LogP contribution >= 0.6 is 39.9 Å². The van der Waals surface area contributed by atoms with Gasteiger partial charge in [0.05, 0.1) is 29.1 Å². The van der Waals surface area contributed by atoms with Crippen molar-refractivity contribution >= 4 is 56.2 Å². The van der Waals surface area contributed by atoms with E-state index in [9.17, 15) is 9.18 Å². The summed E-state index contributed by atoms with van der Waals surface area (Å²) in [6.45, 7) is 1.27. The average Bonchev–Trinajstić information content (AvgIpc) is 3.38. The van der Waals surface area contributed by atoms with Crippen molar-refractivity contribution in [1.29, 1.82) is 0 Å². The predicted molar refractivity (Wildman–Crippen MR) is 130 cm³/mol. The van der Waals surface area contributed by atoms with Crippen LogP contribution in [0, 0.1) is 5.82 Å². The molecule has 5 nitrogen and oxygen atoms in total. The van der Waals surface area contributed by atoms with Crippen LogP contribution < -0.4 is 9.47 Å². The molecule has 0 bridgehead atoms. The standard InChI is InChI=1S/C23H21BrFNO4S2/c1-28-19-10-14(9-17(24)21(19)30-13-15-5-2-3-7-18(15)25)11-20-22(27)26(23(31)32-20)12-16-6-4-8-29-16/h2-3,5,7,9-11,16H,4,6,8,12-13H2,1H3/b20-11-/t16-/m0/s1. The Bertz CT molecular complexity index is 1070. The van der Waals surface area contributed by atoms with Crippen molar-refractivity contribution in [3.8, 4) is 11.5 Å². The van der Waals surface area contributed by atoms with Crippen LogP contribution in [0.15, 0.2) is 45.8 Å². The summed E-state index contributed by atoms with van der Waals surface area (Å²) in [5.41, 5.74) is 1.20. The van der Waals surface area contributed by atoms with Crippen molar-refractivity contribution in [3.63, 3.8) is 0 Å². The van der Waals surface area contributed by atoms with E-state index >= 15 is 0 Å². The molecule has 168 valence electrons. The number of hydrogen-bond acceptors (Lipinski definition) is 6. The van der Waals surface area contributed by atoms with Crippen molar-refractivity contribution in [2.45, 2.75) is 25.6 Å². The number of ether oxygens (including phenoxy) is 3. The van der Waals surface area contributed by atoms with Crippen molar-refractivity contribution < 1.29 is 23.4 Å². The van der Waals surface area contributed by atoms with Gasteiger partial charge in [-0.25, -0.2) is 4.39 Å². The minimum absolute atomic E-state index is 0.0389. The fraction of sp³-hybridized carbons (Fsp3) is 0.304. The highest BCUT2D eigenvalue weighted by Crippen LogP contribution is 2.39. The van der Waals surface area contributed by atoms with E-state index in [-0.39, 0.29) is 24.4 Å². The Morgan fingerprint density at radius 1 is 1.38 bits per heavy atom. The lowest BCUT2D eigenvalue weighted by molar-refractivity contribution is -0.123. The number of carbonyl (C=O) groups is 1. The summed E-state index contributed by atoms with van der Waals surface area (Å²) in [5.74, 6) is 0.477. The van der Waals surface area contributed by atoms with Crippen molar-refractivity contribution in [2.75, 3.05) is 20.3 Å². The Morgan fingerprint density at radius 2 is 2.19 bits per heavy atom. The molecule has 0 N–H and O–H groups in total. The lowest BCUT2D eigenvalue weighted by Gasteiger charge is -2.18. The van der Waals surface area contributed by atoms with E-state index in [0.717, 1.165) is 25.0 Å². The molecule has 2 heterocycles. The van der Waals surface area contributed by atoms with E-state index in [4.69, 9.17) is 26.4 Å². The summed E-state index contributed by atoms with van der Waals surface area (Å²) in [5, 5.41) is 0. The molecule has 2 aliphatic heterocycles. The van der Waals surface area contributed by atoms with Gasteiger partial charge in [-0.2, -0.15) is 0 Å². The maximum absolute atomic E-state index is 13.9. The maximum atomic E-state index is 13.9. The van der Waals surface area contributed by atoms with E-state index in [1.165, 1.54) is 24.9 Å². The highest BCUT2D eigenvalue weighted by atomic mass is 79.9. The van der Waals surface area contributed by atoms with Gasteiger partial charge < -0.3 is 14.2 Å². The first kappa shape index (κ1) is 23.2. The van der Waals surface area contributed by atoms with Crippen LogP contribution in [0.5, 0.6) is 11.5 Å². The fourth-order valence-corrected chi connectivity index (χ4v) is 5.38. The molecular formula is C23H21BrFNO4S2. The molecule has 1 atom stereocenters. The summed E-state index contributed by atoms with van der Waals surface area (Å²) in [7, 11) is 1.53. The molecule has 0 unspecified atom stereocenters. The number of thioether (sulfide) groups is 1. The van der Waals surface area contributed by atoms with Gasteiger partial charge in [0, 0.05) is 12.2 Å². The molecule has 4 rings (SSSR count). The smallest absolute Gasteiger partial charge is 0.266 e. The van der Waals surface area contributed by atoms with Gasteiger partial charge in [-0.05, 0) is 58.6 Å². The molecule has 0 aromatic heterocycles. The molecule has 32 heavy (non-hydrogen) atoms. The van der Waals surface area contributed by atoms with Crippen molar-refractivity contribution in [1.82, 2.24) is 4.90 Å². The number of hydrogen-bond donors (Lipinski definition) is 0. The number of methoxy groups -OCH3 is 1. The summed E-state index contributed by atoms with van der Waals surface area (Å²) < 4.78 is 32.0. The Labute approximate surface area is 204 Å². The SMILES string of the molecule is COc1cc(/C=C2\SC(=S)N(C[C@@H]3CCCO3)C2=O)cc(Br)c1OCc1ccccc1F. The van der Waals surface area contributed by atoms with Gasteiger partial charge in [-0.15, -0.1) is 0 Å². The highest BCUT2D eigenvalue weighted by Gasteiger charge is 2.34. The van der Waals surface area contributed by atoms with Crippen LogP contribution in [0.4, 0.5) is 4.39 Å². The quantitative estimate of drug-likeness (QED) is 0.340. The third-order valence-electron chi connectivity index (χ3n) is 5.16. The normalized spacial score (nSPS) is 19.8. The number of rotatable bonds is 7. The molecule has 0 spiro atoms. The van der Waals surface area contributed by atoms with E-state index < -0.39 is 0 Å². The van der Waals surface area contributed by atoms with Gasteiger partial charge >= 0.3 is 0 Å². The van der Waals surface area contributed by atoms with Crippen LogP contribution in [-0.4, -0.2) is 41.5 Å². The van der Waals surface area contributed by atoms with Crippen molar-refractivity contribution in [3.05, 3.63) is 62.7 Å². The first-order valence-corrected chi connectivity index (χ1v) is 12.1. The Kier molecular flexibility index (Phi) is 7.50. The number of halogens is 2. The van der Waals surface area contributed by atoms with E-state index in [2.05, 4.69) is 15.9 Å². The largest absolute Gasteiger partial charge is 0.493 e. The Morgan fingerprint density at radius 3 is 2.91 bits per heavy atom. The summed E-state index contributed by atoms with van der Waals surface area (Å²) in [6, 6.07) is 10.0. The van der Waals surface area contributed by atoms with E-state index in [1.54, 1.807) is 35.2 Å². The zero-order valence-corrected chi connectivity index (χ0v) is 20.5.